The molecule has 0 radical (unpaired) electrons. The van der Waals surface area contributed by atoms with Crippen LogP contribution in [-0.4, -0.2) is 61.3 Å². The Morgan fingerprint density at radius 3 is 2.72 bits per heavy atom. The van der Waals surface area contributed by atoms with Gasteiger partial charge in [-0.1, -0.05) is 6.92 Å². The van der Waals surface area contributed by atoms with E-state index in [9.17, 15) is 4.79 Å². The van der Waals surface area contributed by atoms with Crippen LogP contribution in [0.4, 0.5) is 5.00 Å². The predicted octanol–water partition coefficient (Wildman–Crippen LogP) is 2.11. The number of methoxy groups -OCH3 is 1. The quantitative estimate of drug-likeness (QED) is 0.613. The lowest BCUT2D eigenvalue weighted by molar-refractivity contribution is 0.0601. The summed E-state index contributed by atoms with van der Waals surface area (Å²) in [6.07, 6.45) is 3.05. The Morgan fingerprint density at radius 2 is 2.04 bits per heavy atom. The monoisotopic (exact) mass is 382 g/mol. The molecule has 2 heterocycles. The second kappa shape index (κ2) is 7.99. The molecule has 1 aliphatic carbocycles. The van der Waals surface area contributed by atoms with Crippen molar-refractivity contribution in [3.05, 3.63) is 16.0 Å². The van der Waals surface area contributed by atoms with Gasteiger partial charge in [-0.2, -0.15) is 0 Å². The van der Waals surface area contributed by atoms with Crippen LogP contribution in [-0.2, 0) is 17.6 Å². The van der Waals surface area contributed by atoms with Crippen molar-refractivity contribution < 1.29 is 9.53 Å². The Labute approximate surface area is 158 Å². The van der Waals surface area contributed by atoms with Crippen molar-refractivity contribution in [2.45, 2.75) is 26.2 Å². The van der Waals surface area contributed by atoms with Crippen molar-refractivity contribution in [1.82, 2.24) is 15.3 Å². The summed E-state index contributed by atoms with van der Waals surface area (Å²) in [6, 6.07) is 0. The zero-order valence-electron chi connectivity index (χ0n) is 15.1. The minimum Gasteiger partial charge on any atom is -0.465 e. The Kier molecular flexibility index (Phi) is 5.93. The highest BCUT2D eigenvalue weighted by Gasteiger charge is 2.28. The summed E-state index contributed by atoms with van der Waals surface area (Å²) in [4.78, 5) is 15.9. The Hall–Kier alpha value is -1.22. The van der Waals surface area contributed by atoms with E-state index >= 15 is 0 Å². The number of esters is 1. The molecule has 1 saturated heterocycles. The number of nitrogens with zero attached hydrogens (tertiary/aromatic N) is 2. The van der Waals surface area contributed by atoms with Crippen LogP contribution in [0.25, 0.3) is 0 Å². The first-order chi connectivity index (χ1) is 12.0. The molecule has 1 aromatic rings. The van der Waals surface area contributed by atoms with Gasteiger partial charge < -0.3 is 15.0 Å². The maximum Gasteiger partial charge on any atom is 0.341 e. The minimum atomic E-state index is -0.281. The van der Waals surface area contributed by atoms with Gasteiger partial charge >= 0.3 is 5.97 Å². The van der Waals surface area contributed by atoms with E-state index < -0.39 is 0 Å². The van der Waals surface area contributed by atoms with Gasteiger partial charge in [-0.3, -0.25) is 5.43 Å². The summed E-state index contributed by atoms with van der Waals surface area (Å²) in [7, 11) is 3.55. The summed E-state index contributed by atoms with van der Waals surface area (Å²) in [5.74, 6) is 0.372. The topological polar surface area (TPSA) is 56.8 Å². The molecule has 2 aliphatic rings. The van der Waals surface area contributed by atoms with E-state index in [1.54, 1.807) is 11.3 Å². The number of nitrogens with one attached hydrogen (secondary N) is 2. The van der Waals surface area contributed by atoms with E-state index in [0.29, 0.717) is 16.6 Å². The summed E-state index contributed by atoms with van der Waals surface area (Å²) in [5, 5.41) is 6.69. The molecule has 1 atom stereocenters. The van der Waals surface area contributed by atoms with E-state index in [1.807, 2.05) is 0 Å². The Morgan fingerprint density at radius 1 is 1.32 bits per heavy atom. The number of rotatable bonds is 3. The number of piperazine rings is 1. The lowest BCUT2D eigenvalue weighted by atomic mass is 9.88. The van der Waals surface area contributed by atoms with E-state index in [0.717, 1.165) is 56.0 Å². The van der Waals surface area contributed by atoms with Crippen molar-refractivity contribution >= 4 is 39.6 Å². The number of thiocarbonyl (C=S) groups is 1. The van der Waals surface area contributed by atoms with Gasteiger partial charge in [0.25, 0.3) is 0 Å². The maximum atomic E-state index is 12.3. The highest BCUT2D eigenvalue weighted by molar-refractivity contribution is 7.80. The van der Waals surface area contributed by atoms with Crippen molar-refractivity contribution in [2.24, 2.45) is 5.92 Å². The smallest absolute Gasteiger partial charge is 0.341 e. The average molecular weight is 383 g/mol. The first-order valence-corrected chi connectivity index (χ1v) is 9.94. The molecule has 0 bridgehead atoms. The molecule has 0 spiro atoms. The zero-order valence-corrected chi connectivity index (χ0v) is 16.7. The van der Waals surface area contributed by atoms with Crippen molar-refractivity contribution in [3.8, 4) is 0 Å². The van der Waals surface area contributed by atoms with Crippen LogP contribution in [0.3, 0.4) is 0 Å². The van der Waals surface area contributed by atoms with Crippen molar-refractivity contribution in [1.29, 1.82) is 0 Å². The molecule has 1 aliphatic heterocycles. The largest absolute Gasteiger partial charge is 0.465 e. The number of thiophene rings is 1. The third kappa shape index (κ3) is 4.31. The zero-order chi connectivity index (χ0) is 18.0. The van der Waals surface area contributed by atoms with Crippen molar-refractivity contribution in [3.63, 3.8) is 0 Å². The average Bonchev–Trinajstić information content (AvgIpc) is 2.92. The molecule has 1 fully saturated rings. The van der Waals surface area contributed by atoms with Crippen LogP contribution in [0.15, 0.2) is 0 Å². The van der Waals surface area contributed by atoms with Crippen LogP contribution >= 0.6 is 23.6 Å². The number of ether oxygens (including phenoxy) is 1. The van der Waals surface area contributed by atoms with Gasteiger partial charge in [0.15, 0.2) is 5.11 Å². The normalized spacial score (nSPS) is 21.5. The first-order valence-electron chi connectivity index (χ1n) is 8.72. The Bertz CT molecular complexity index is 653. The predicted molar refractivity (Wildman–Crippen MR) is 105 cm³/mol. The van der Waals surface area contributed by atoms with Crippen LogP contribution in [0.2, 0.25) is 0 Å². The number of anilines is 1. The van der Waals surface area contributed by atoms with E-state index in [2.05, 4.69) is 34.6 Å². The molecule has 3 rings (SSSR count). The second-order valence-electron chi connectivity index (χ2n) is 6.90. The summed E-state index contributed by atoms with van der Waals surface area (Å²) in [6.45, 7) is 6.11. The molecule has 0 amide bonds. The standard InChI is InChI=1S/C17H26N4O2S2/c1-11-4-5-12-13(10-11)25-15(14(12)16(22)23-3)18-17(24)19-21-8-6-20(2)7-9-21/h11H,4-10H2,1-3H3,(H2,18,19,24)/t11-/m1/s1. The molecule has 0 aromatic carbocycles. The number of hydrogen-bond donors (Lipinski definition) is 2. The number of fused-ring (bicyclic) bond motifs is 1. The lowest BCUT2D eigenvalue weighted by Gasteiger charge is -2.33. The molecule has 138 valence electrons. The van der Waals surface area contributed by atoms with Gasteiger partial charge in [0.2, 0.25) is 0 Å². The molecular formula is C17H26N4O2S2. The van der Waals surface area contributed by atoms with E-state index in [1.165, 1.54) is 12.0 Å². The van der Waals surface area contributed by atoms with Crippen molar-refractivity contribution in [2.75, 3.05) is 45.7 Å². The summed E-state index contributed by atoms with van der Waals surface area (Å²) < 4.78 is 5.02. The van der Waals surface area contributed by atoms with Crippen LogP contribution in [0, 0.1) is 5.92 Å². The summed E-state index contributed by atoms with van der Waals surface area (Å²) >= 11 is 7.10. The van der Waals surface area contributed by atoms with Gasteiger partial charge in [0.1, 0.15) is 5.00 Å². The molecule has 0 saturated carbocycles. The van der Waals surface area contributed by atoms with Gasteiger partial charge in [-0.25, -0.2) is 9.80 Å². The number of hydrazine groups is 1. The van der Waals surface area contributed by atoms with Crippen LogP contribution in [0.1, 0.15) is 34.1 Å². The fourth-order valence-corrected chi connectivity index (χ4v) is 5.05. The summed E-state index contributed by atoms with van der Waals surface area (Å²) in [5.41, 5.74) is 5.05. The fourth-order valence-electron chi connectivity index (χ4n) is 3.35. The molecule has 6 nitrogen and oxygen atoms in total. The van der Waals surface area contributed by atoms with E-state index in [4.69, 9.17) is 17.0 Å². The molecule has 25 heavy (non-hydrogen) atoms. The van der Waals surface area contributed by atoms with Crippen LogP contribution in [0.5, 0.6) is 0 Å². The Balaban J connectivity index is 1.73. The number of carbonyl (C=O) groups is 1. The van der Waals surface area contributed by atoms with Crippen LogP contribution < -0.4 is 10.7 Å². The lowest BCUT2D eigenvalue weighted by Crippen LogP contribution is -2.53. The highest BCUT2D eigenvalue weighted by Crippen LogP contribution is 2.39. The molecule has 8 heteroatoms. The number of carbonyl (C=O) groups excluding carboxylic acids is 1. The molecule has 0 unspecified atom stereocenters. The SMILES string of the molecule is COC(=O)c1c(NC(=S)NN2CCN(C)CC2)sc2c1CC[C@@H](C)C2. The highest BCUT2D eigenvalue weighted by atomic mass is 32.1. The maximum absolute atomic E-state index is 12.3. The third-order valence-corrected chi connectivity index (χ3v) is 6.25. The molecular weight excluding hydrogens is 356 g/mol. The first kappa shape index (κ1) is 18.6. The van der Waals surface area contributed by atoms with Gasteiger partial charge in [-0.05, 0) is 50.0 Å². The fraction of sp³-hybridized carbons (Fsp3) is 0.647. The minimum absolute atomic E-state index is 0.281. The molecule has 2 N–H and O–H groups in total. The van der Waals surface area contributed by atoms with Gasteiger partial charge in [0, 0.05) is 31.1 Å². The third-order valence-electron chi connectivity index (χ3n) is 4.89. The second-order valence-corrected chi connectivity index (χ2v) is 8.42. The van der Waals surface area contributed by atoms with Gasteiger partial charge in [0.05, 0.1) is 12.7 Å². The van der Waals surface area contributed by atoms with Gasteiger partial charge in [-0.15, -0.1) is 11.3 Å². The van der Waals surface area contributed by atoms with E-state index in [-0.39, 0.29) is 5.97 Å². The number of likely N-dealkylation sites (N-methyl/N-ethyl adjacent to an activating group) is 1. The number of hydrogen-bond acceptors (Lipinski definition) is 6. The molecule has 1 aromatic heterocycles.